The predicted molar refractivity (Wildman–Crippen MR) is 96.5 cm³/mol. The SMILES string of the molecule is O=C(CNC(=O)c1cc(O)cc(NC2=NCCCN2)c1)NC1COC(=O)C1. The van der Waals surface area contributed by atoms with Crippen molar-refractivity contribution in [3.8, 4) is 5.75 Å². The van der Waals surface area contributed by atoms with Crippen LogP contribution in [0.1, 0.15) is 23.2 Å². The normalized spacial score (nSPS) is 18.7. The number of rotatable bonds is 5. The largest absolute Gasteiger partial charge is 0.508 e. The Bertz CT molecular complexity index is 779. The first kappa shape index (κ1) is 18.5. The molecule has 2 aliphatic heterocycles. The number of carbonyl (C=O) groups is 3. The summed E-state index contributed by atoms with van der Waals surface area (Å²) in [7, 11) is 0. The van der Waals surface area contributed by atoms with Gasteiger partial charge in [-0.05, 0) is 18.6 Å². The van der Waals surface area contributed by atoms with Gasteiger partial charge < -0.3 is 31.1 Å². The Labute approximate surface area is 155 Å². The lowest BCUT2D eigenvalue weighted by Crippen LogP contribution is -2.42. The van der Waals surface area contributed by atoms with Crippen molar-refractivity contribution in [2.45, 2.75) is 18.9 Å². The fourth-order valence-corrected chi connectivity index (χ4v) is 2.71. The summed E-state index contributed by atoms with van der Waals surface area (Å²) in [6.45, 7) is 1.38. The molecule has 1 fully saturated rings. The van der Waals surface area contributed by atoms with Crippen molar-refractivity contribution < 1.29 is 24.2 Å². The summed E-state index contributed by atoms with van der Waals surface area (Å²) < 4.78 is 4.76. The third-order valence-electron chi connectivity index (χ3n) is 3.97. The summed E-state index contributed by atoms with van der Waals surface area (Å²) in [6.07, 6.45) is 1.07. The van der Waals surface area contributed by atoms with Crippen LogP contribution in [0.25, 0.3) is 0 Å². The van der Waals surface area contributed by atoms with Crippen LogP contribution in [0.5, 0.6) is 5.75 Å². The summed E-state index contributed by atoms with van der Waals surface area (Å²) in [5.41, 5.74) is 0.695. The molecular formula is C17H21N5O5. The van der Waals surface area contributed by atoms with Gasteiger partial charge in [0.25, 0.3) is 5.91 Å². The van der Waals surface area contributed by atoms with Gasteiger partial charge in [-0.15, -0.1) is 0 Å². The number of phenols is 1. The minimum Gasteiger partial charge on any atom is -0.508 e. The molecule has 0 spiro atoms. The van der Waals surface area contributed by atoms with Gasteiger partial charge >= 0.3 is 5.97 Å². The molecule has 3 rings (SSSR count). The highest BCUT2D eigenvalue weighted by Gasteiger charge is 2.25. The smallest absolute Gasteiger partial charge is 0.308 e. The topological polar surface area (TPSA) is 141 Å². The molecule has 0 aromatic heterocycles. The van der Waals surface area contributed by atoms with Gasteiger partial charge in [-0.1, -0.05) is 0 Å². The average Bonchev–Trinajstić information content (AvgIpc) is 3.04. The highest BCUT2D eigenvalue weighted by molar-refractivity contribution is 6.00. The molecule has 0 radical (unpaired) electrons. The molecule has 1 atom stereocenters. The van der Waals surface area contributed by atoms with Crippen LogP contribution in [0.4, 0.5) is 5.69 Å². The van der Waals surface area contributed by atoms with Gasteiger partial charge in [-0.2, -0.15) is 0 Å². The van der Waals surface area contributed by atoms with E-state index in [4.69, 9.17) is 4.74 Å². The Morgan fingerprint density at radius 1 is 1.33 bits per heavy atom. The van der Waals surface area contributed by atoms with Crippen LogP contribution < -0.4 is 21.3 Å². The number of cyclic esters (lactones) is 1. The third kappa shape index (κ3) is 5.33. The number of aromatic hydroxyl groups is 1. The molecule has 2 aliphatic rings. The fraction of sp³-hybridized carbons (Fsp3) is 0.412. The molecule has 0 aliphatic carbocycles. The standard InChI is InChI=1S/C17H21N5O5/c23-13-5-10(4-11(6-13)22-17-18-2-1-3-19-17)16(26)20-8-14(24)21-12-7-15(25)27-9-12/h4-6,12,23H,1-3,7-9H2,(H,20,26)(H,21,24)(H2,18,19,22). The number of aliphatic imine (C=N–C) groups is 1. The molecule has 10 nitrogen and oxygen atoms in total. The molecule has 2 heterocycles. The van der Waals surface area contributed by atoms with Gasteiger partial charge in [-0.25, -0.2) is 0 Å². The maximum atomic E-state index is 12.3. The number of ether oxygens (including phenoxy) is 1. The number of nitrogens with zero attached hydrogens (tertiary/aromatic N) is 1. The minimum absolute atomic E-state index is 0.0902. The Balaban J connectivity index is 1.55. The van der Waals surface area contributed by atoms with Crippen LogP contribution in [0.2, 0.25) is 0 Å². The van der Waals surface area contributed by atoms with Gasteiger partial charge in [0.05, 0.1) is 19.0 Å². The number of benzene rings is 1. The third-order valence-corrected chi connectivity index (χ3v) is 3.97. The molecule has 1 aromatic carbocycles. The van der Waals surface area contributed by atoms with Crippen molar-refractivity contribution in [2.24, 2.45) is 4.99 Å². The first-order valence-electron chi connectivity index (χ1n) is 8.62. The molecular weight excluding hydrogens is 354 g/mol. The van der Waals surface area contributed by atoms with Gasteiger partial charge in [0.15, 0.2) is 5.96 Å². The lowest BCUT2D eigenvalue weighted by atomic mass is 10.1. The number of hydrogen-bond donors (Lipinski definition) is 5. The molecule has 2 amide bonds. The maximum Gasteiger partial charge on any atom is 0.308 e. The highest BCUT2D eigenvalue weighted by atomic mass is 16.5. The lowest BCUT2D eigenvalue weighted by molar-refractivity contribution is -0.138. The van der Waals surface area contributed by atoms with E-state index in [1.807, 2.05) is 0 Å². The Kier molecular flexibility index (Phi) is 5.74. The van der Waals surface area contributed by atoms with Crippen molar-refractivity contribution in [1.82, 2.24) is 16.0 Å². The number of amides is 2. The molecule has 0 saturated carbocycles. The Morgan fingerprint density at radius 2 is 2.19 bits per heavy atom. The number of esters is 1. The predicted octanol–water partition coefficient (Wildman–Crippen LogP) is -0.685. The number of hydrogen-bond acceptors (Lipinski definition) is 8. The fourth-order valence-electron chi connectivity index (χ4n) is 2.71. The Hall–Kier alpha value is -3.30. The van der Waals surface area contributed by atoms with Crippen LogP contribution in [-0.4, -0.2) is 61.1 Å². The number of anilines is 1. The van der Waals surface area contributed by atoms with E-state index in [-0.39, 0.29) is 42.9 Å². The van der Waals surface area contributed by atoms with E-state index in [1.165, 1.54) is 12.1 Å². The number of carbonyl (C=O) groups excluding carboxylic acids is 3. The second-order valence-corrected chi connectivity index (χ2v) is 6.24. The van der Waals surface area contributed by atoms with Gasteiger partial charge in [0, 0.05) is 30.4 Å². The van der Waals surface area contributed by atoms with Crippen LogP contribution >= 0.6 is 0 Å². The number of phenolic OH excluding ortho intramolecular Hbond substituents is 1. The van der Waals surface area contributed by atoms with Crippen LogP contribution in [0.15, 0.2) is 23.2 Å². The van der Waals surface area contributed by atoms with Gasteiger partial charge in [0.1, 0.15) is 12.4 Å². The maximum absolute atomic E-state index is 12.3. The van der Waals surface area contributed by atoms with Crippen LogP contribution in [-0.2, 0) is 14.3 Å². The van der Waals surface area contributed by atoms with E-state index in [2.05, 4.69) is 26.3 Å². The lowest BCUT2D eigenvalue weighted by Gasteiger charge is -2.16. The van der Waals surface area contributed by atoms with Crippen LogP contribution in [0, 0.1) is 0 Å². The molecule has 27 heavy (non-hydrogen) atoms. The molecule has 1 aromatic rings. The first-order chi connectivity index (χ1) is 13.0. The summed E-state index contributed by atoms with van der Waals surface area (Å²) in [5, 5.41) is 21.0. The summed E-state index contributed by atoms with van der Waals surface area (Å²) in [4.78, 5) is 39.4. The van der Waals surface area contributed by atoms with Crippen molar-refractivity contribution >= 4 is 29.4 Å². The summed E-state index contributed by atoms with van der Waals surface area (Å²) in [5.74, 6) is -0.813. The van der Waals surface area contributed by atoms with E-state index in [0.29, 0.717) is 18.2 Å². The van der Waals surface area contributed by atoms with Crippen molar-refractivity contribution in [1.29, 1.82) is 0 Å². The zero-order valence-electron chi connectivity index (χ0n) is 14.6. The van der Waals surface area contributed by atoms with Gasteiger partial charge in [-0.3, -0.25) is 19.4 Å². The zero-order valence-corrected chi connectivity index (χ0v) is 14.6. The van der Waals surface area contributed by atoms with Crippen molar-refractivity contribution in [3.63, 3.8) is 0 Å². The van der Waals surface area contributed by atoms with E-state index in [1.54, 1.807) is 6.07 Å². The molecule has 144 valence electrons. The van der Waals surface area contributed by atoms with E-state index < -0.39 is 11.8 Å². The van der Waals surface area contributed by atoms with E-state index in [9.17, 15) is 19.5 Å². The Morgan fingerprint density at radius 3 is 2.89 bits per heavy atom. The number of nitrogens with one attached hydrogen (secondary N) is 4. The van der Waals surface area contributed by atoms with E-state index in [0.717, 1.165) is 13.0 Å². The summed E-state index contributed by atoms with van der Waals surface area (Å²) in [6, 6.07) is 3.95. The van der Waals surface area contributed by atoms with Crippen molar-refractivity contribution in [3.05, 3.63) is 23.8 Å². The molecule has 5 N–H and O–H groups in total. The quantitative estimate of drug-likeness (QED) is 0.429. The molecule has 0 bridgehead atoms. The first-order valence-corrected chi connectivity index (χ1v) is 8.62. The highest BCUT2D eigenvalue weighted by Crippen LogP contribution is 2.20. The van der Waals surface area contributed by atoms with Crippen molar-refractivity contribution in [2.75, 3.05) is 31.6 Å². The summed E-state index contributed by atoms with van der Waals surface area (Å²) >= 11 is 0. The number of guanidine groups is 1. The zero-order chi connectivity index (χ0) is 19.2. The minimum atomic E-state index is -0.513. The monoisotopic (exact) mass is 375 g/mol. The van der Waals surface area contributed by atoms with Gasteiger partial charge in [0.2, 0.25) is 5.91 Å². The second-order valence-electron chi connectivity index (χ2n) is 6.24. The van der Waals surface area contributed by atoms with Crippen LogP contribution in [0.3, 0.4) is 0 Å². The molecule has 1 unspecified atom stereocenters. The van der Waals surface area contributed by atoms with E-state index >= 15 is 0 Å². The average molecular weight is 375 g/mol. The molecule has 10 heteroatoms. The molecule has 1 saturated heterocycles. The second kappa shape index (κ2) is 8.39.